The summed E-state index contributed by atoms with van der Waals surface area (Å²) >= 11 is 0. The molecule has 0 fully saturated rings. The Bertz CT molecular complexity index is 903. The van der Waals surface area contributed by atoms with E-state index in [1.54, 1.807) is 0 Å². The van der Waals surface area contributed by atoms with Crippen LogP contribution in [0.4, 0.5) is 0 Å². The summed E-state index contributed by atoms with van der Waals surface area (Å²) in [6.07, 6.45) is 1.50. The fraction of sp³-hybridized carbons (Fsp3) is 0.235. The second kappa shape index (κ2) is 7.60. The SMILES string of the molecule is CCCc1nc(C(NC(=O)c2cc(C(=O)O)[nH]n2)c2ccccc2)no1. The van der Waals surface area contributed by atoms with Crippen LogP contribution in [0.3, 0.4) is 0 Å². The Labute approximate surface area is 148 Å². The lowest BCUT2D eigenvalue weighted by Crippen LogP contribution is -2.30. The van der Waals surface area contributed by atoms with Gasteiger partial charge in [0.1, 0.15) is 11.7 Å². The van der Waals surface area contributed by atoms with Crippen LogP contribution in [0.1, 0.15) is 57.6 Å². The molecule has 2 heterocycles. The van der Waals surface area contributed by atoms with Crippen LogP contribution in [0, 0.1) is 0 Å². The predicted molar refractivity (Wildman–Crippen MR) is 89.6 cm³/mol. The number of nitrogens with one attached hydrogen (secondary N) is 2. The van der Waals surface area contributed by atoms with Gasteiger partial charge in [-0.15, -0.1) is 0 Å². The number of aromatic amines is 1. The average molecular weight is 355 g/mol. The summed E-state index contributed by atoms with van der Waals surface area (Å²) in [6.45, 7) is 2.00. The third-order valence-electron chi connectivity index (χ3n) is 3.66. The number of amides is 1. The van der Waals surface area contributed by atoms with Crippen LogP contribution in [-0.4, -0.2) is 37.3 Å². The molecule has 1 aromatic carbocycles. The zero-order chi connectivity index (χ0) is 18.5. The minimum Gasteiger partial charge on any atom is -0.477 e. The van der Waals surface area contributed by atoms with Crippen LogP contribution < -0.4 is 5.32 Å². The van der Waals surface area contributed by atoms with Crippen LogP contribution in [0.15, 0.2) is 40.9 Å². The molecule has 9 nitrogen and oxygen atoms in total. The number of carboxylic acids is 1. The number of nitrogens with zero attached hydrogens (tertiary/aromatic N) is 3. The van der Waals surface area contributed by atoms with Crippen LogP contribution in [0.25, 0.3) is 0 Å². The molecule has 0 aliphatic carbocycles. The Balaban J connectivity index is 1.87. The first kappa shape index (κ1) is 17.3. The highest BCUT2D eigenvalue weighted by atomic mass is 16.5. The molecule has 0 bridgehead atoms. The first-order valence-electron chi connectivity index (χ1n) is 8.05. The summed E-state index contributed by atoms with van der Waals surface area (Å²) in [5.74, 6) is -0.935. The largest absolute Gasteiger partial charge is 0.477 e. The lowest BCUT2D eigenvalue weighted by molar-refractivity contribution is 0.0690. The van der Waals surface area contributed by atoms with Crippen LogP contribution in [0.2, 0.25) is 0 Å². The molecular formula is C17H17N5O4. The lowest BCUT2D eigenvalue weighted by atomic mass is 10.1. The molecule has 0 aliphatic rings. The van der Waals surface area contributed by atoms with Gasteiger partial charge in [0.05, 0.1) is 0 Å². The highest BCUT2D eigenvalue weighted by molar-refractivity contribution is 5.95. The Hall–Kier alpha value is -3.49. The van der Waals surface area contributed by atoms with Gasteiger partial charge in [-0.05, 0) is 12.0 Å². The van der Waals surface area contributed by atoms with E-state index in [9.17, 15) is 9.59 Å². The van der Waals surface area contributed by atoms with Crippen molar-refractivity contribution >= 4 is 11.9 Å². The van der Waals surface area contributed by atoms with Crippen molar-refractivity contribution in [3.8, 4) is 0 Å². The molecule has 134 valence electrons. The van der Waals surface area contributed by atoms with Gasteiger partial charge in [-0.2, -0.15) is 10.1 Å². The smallest absolute Gasteiger partial charge is 0.353 e. The topological polar surface area (TPSA) is 134 Å². The third-order valence-corrected chi connectivity index (χ3v) is 3.66. The number of benzene rings is 1. The Morgan fingerprint density at radius 3 is 2.73 bits per heavy atom. The van der Waals surface area contributed by atoms with E-state index in [0.29, 0.717) is 18.1 Å². The van der Waals surface area contributed by atoms with Crippen molar-refractivity contribution in [1.82, 2.24) is 25.7 Å². The number of aryl methyl sites for hydroxylation is 1. The molecule has 3 rings (SSSR count). The number of carbonyl (C=O) groups excluding carboxylic acids is 1. The second-order valence-corrected chi connectivity index (χ2v) is 5.59. The van der Waals surface area contributed by atoms with E-state index in [4.69, 9.17) is 9.63 Å². The number of aromatic nitrogens is 4. The second-order valence-electron chi connectivity index (χ2n) is 5.59. The van der Waals surface area contributed by atoms with Crippen molar-refractivity contribution in [3.63, 3.8) is 0 Å². The van der Waals surface area contributed by atoms with Gasteiger partial charge in [-0.25, -0.2) is 4.79 Å². The van der Waals surface area contributed by atoms with Gasteiger partial charge in [-0.1, -0.05) is 42.4 Å². The molecule has 2 aromatic heterocycles. The van der Waals surface area contributed by atoms with E-state index in [1.165, 1.54) is 6.07 Å². The van der Waals surface area contributed by atoms with Crippen molar-refractivity contribution < 1.29 is 19.2 Å². The van der Waals surface area contributed by atoms with Crippen molar-refractivity contribution in [2.24, 2.45) is 0 Å². The van der Waals surface area contributed by atoms with Gasteiger partial charge in [0, 0.05) is 12.5 Å². The number of aromatic carboxylic acids is 1. The lowest BCUT2D eigenvalue weighted by Gasteiger charge is -2.15. The molecule has 0 saturated carbocycles. The van der Waals surface area contributed by atoms with Gasteiger partial charge in [0.15, 0.2) is 11.5 Å². The minimum atomic E-state index is -1.20. The number of rotatable bonds is 7. The van der Waals surface area contributed by atoms with Crippen LogP contribution in [0.5, 0.6) is 0 Å². The number of H-pyrrole nitrogens is 1. The van der Waals surface area contributed by atoms with Crippen molar-refractivity contribution in [2.45, 2.75) is 25.8 Å². The maximum atomic E-state index is 12.5. The minimum absolute atomic E-state index is 0.0411. The molecule has 0 radical (unpaired) electrons. The monoisotopic (exact) mass is 355 g/mol. The Morgan fingerprint density at radius 2 is 2.08 bits per heavy atom. The zero-order valence-corrected chi connectivity index (χ0v) is 14.0. The maximum absolute atomic E-state index is 12.5. The van der Waals surface area contributed by atoms with Gasteiger partial charge < -0.3 is 14.9 Å². The Kier molecular flexibility index (Phi) is 5.07. The van der Waals surface area contributed by atoms with Crippen molar-refractivity contribution in [3.05, 3.63) is 65.1 Å². The first-order chi connectivity index (χ1) is 12.6. The molecule has 26 heavy (non-hydrogen) atoms. The number of carboxylic acid groups (broad SMARTS) is 1. The molecule has 3 aromatic rings. The predicted octanol–water partition coefficient (Wildman–Crippen LogP) is 1.96. The fourth-order valence-corrected chi connectivity index (χ4v) is 2.40. The quantitative estimate of drug-likeness (QED) is 0.590. The highest BCUT2D eigenvalue weighted by Gasteiger charge is 2.24. The van der Waals surface area contributed by atoms with E-state index in [-0.39, 0.29) is 11.4 Å². The molecule has 1 atom stereocenters. The van der Waals surface area contributed by atoms with Gasteiger partial charge in [-0.3, -0.25) is 9.89 Å². The van der Waals surface area contributed by atoms with Crippen molar-refractivity contribution in [1.29, 1.82) is 0 Å². The van der Waals surface area contributed by atoms with Gasteiger partial charge >= 0.3 is 5.97 Å². The summed E-state index contributed by atoms with van der Waals surface area (Å²) < 4.78 is 5.22. The third kappa shape index (κ3) is 3.77. The van der Waals surface area contributed by atoms with E-state index in [2.05, 4.69) is 25.7 Å². The molecule has 9 heteroatoms. The number of carbonyl (C=O) groups is 2. The van der Waals surface area contributed by atoms with Crippen LogP contribution in [-0.2, 0) is 6.42 Å². The molecule has 0 saturated heterocycles. The fourth-order valence-electron chi connectivity index (χ4n) is 2.40. The van der Waals surface area contributed by atoms with E-state index < -0.39 is 17.9 Å². The highest BCUT2D eigenvalue weighted by Crippen LogP contribution is 2.20. The van der Waals surface area contributed by atoms with Gasteiger partial charge in [0.2, 0.25) is 5.89 Å². The van der Waals surface area contributed by atoms with Gasteiger partial charge in [0.25, 0.3) is 5.91 Å². The summed E-state index contributed by atoms with van der Waals surface area (Å²) in [7, 11) is 0. The van der Waals surface area contributed by atoms with E-state index >= 15 is 0 Å². The van der Waals surface area contributed by atoms with Crippen molar-refractivity contribution in [2.75, 3.05) is 0 Å². The summed E-state index contributed by atoms with van der Waals surface area (Å²) in [5, 5.41) is 21.7. The number of hydrogen-bond donors (Lipinski definition) is 3. The molecule has 1 unspecified atom stereocenters. The van der Waals surface area contributed by atoms with E-state index in [0.717, 1.165) is 12.0 Å². The Morgan fingerprint density at radius 1 is 1.31 bits per heavy atom. The summed E-state index contributed by atoms with van der Waals surface area (Å²) in [6, 6.07) is 9.69. The zero-order valence-electron chi connectivity index (χ0n) is 14.0. The summed E-state index contributed by atoms with van der Waals surface area (Å²) in [4.78, 5) is 27.8. The average Bonchev–Trinajstić information content (AvgIpc) is 3.30. The summed E-state index contributed by atoms with van der Waals surface area (Å²) in [5.41, 5.74) is 0.551. The number of hydrogen-bond acceptors (Lipinski definition) is 6. The molecule has 0 aliphatic heterocycles. The molecule has 0 spiro atoms. The normalized spacial score (nSPS) is 11.9. The van der Waals surface area contributed by atoms with Crippen LogP contribution >= 0.6 is 0 Å². The molecule has 3 N–H and O–H groups in total. The van der Waals surface area contributed by atoms with E-state index in [1.807, 2.05) is 37.3 Å². The molecule has 1 amide bonds. The molecular weight excluding hydrogens is 338 g/mol. The standard InChI is InChI=1S/C17H17N5O4/c1-2-6-13-18-15(22-26-13)14(10-7-4-3-5-8-10)19-16(23)11-9-12(17(24)25)21-20-11/h3-5,7-9,14H,2,6H2,1H3,(H,19,23)(H,20,21)(H,24,25). The maximum Gasteiger partial charge on any atom is 0.353 e. The first-order valence-corrected chi connectivity index (χ1v) is 8.05.